The Morgan fingerprint density at radius 2 is 2.04 bits per heavy atom. The van der Waals surface area contributed by atoms with Crippen LogP contribution in [0.2, 0.25) is 0 Å². The molecule has 0 radical (unpaired) electrons. The maximum absolute atomic E-state index is 12.6. The molecule has 0 saturated carbocycles. The highest BCUT2D eigenvalue weighted by atomic mass is 16.5. The van der Waals surface area contributed by atoms with Gasteiger partial charge in [-0.3, -0.25) is 4.68 Å². The van der Waals surface area contributed by atoms with Crippen molar-refractivity contribution >= 4 is 5.97 Å². The lowest BCUT2D eigenvalue weighted by Gasteiger charge is -2.17. The van der Waals surface area contributed by atoms with Crippen LogP contribution < -0.4 is 0 Å². The summed E-state index contributed by atoms with van der Waals surface area (Å²) in [7, 11) is 0. The van der Waals surface area contributed by atoms with Crippen molar-refractivity contribution in [2.24, 2.45) is 0 Å². The summed E-state index contributed by atoms with van der Waals surface area (Å²) in [5, 5.41) is 8.04. The van der Waals surface area contributed by atoms with Gasteiger partial charge in [0.05, 0.1) is 11.3 Å². The van der Waals surface area contributed by atoms with Gasteiger partial charge in [0.25, 0.3) is 0 Å². The molecule has 1 unspecified atom stereocenters. The Bertz CT molecular complexity index is 759. The van der Waals surface area contributed by atoms with Crippen LogP contribution in [0.1, 0.15) is 28.6 Å². The summed E-state index contributed by atoms with van der Waals surface area (Å²) in [5.41, 5.74) is 2.34. The molecule has 0 fully saturated rings. The van der Waals surface area contributed by atoms with E-state index in [2.05, 4.69) is 10.3 Å². The van der Waals surface area contributed by atoms with E-state index in [1.54, 1.807) is 30.1 Å². The third-order valence-electron chi connectivity index (χ3n) is 3.67. The predicted molar refractivity (Wildman–Crippen MR) is 82.6 cm³/mol. The van der Waals surface area contributed by atoms with E-state index in [0.29, 0.717) is 5.76 Å². The normalized spacial score (nSPS) is 12.1. The monoisotopic (exact) mass is 311 g/mol. The molecule has 0 aliphatic rings. The Kier molecular flexibility index (Phi) is 4.23. The molecular weight excluding hydrogens is 294 g/mol. The summed E-state index contributed by atoms with van der Waals surface area (Å²) in [6.45, 7) is 3.75. The number of rotatable bonds is 5. The summed E-state index contributed by atoms with van der Waals surface area (Å²) in [5.74, 6) is 0.283. The van der Waals surface area contributed by atoms with E-state index in [1.165, 1.54) is 0 Å². The van der Waals surface area contributed by atoms with Gasteiger partial charge in [-0.05, 0) is 25.5 Å². The first-order valence-electron chi connectivity index (χ1n) is 7.29. The highest BCUT2D eigenvalue weighted by Crippen LogP contribution is 2.21. The average molecular weight is 311 g/mol. The molecule has 1 atom stereocenters. The Hall–Kier alpha value is -2.89. The quantitative estimate of drug-likeness (QED) is 0.678. The van der Waals surface area contributed by atoms with Crippen LogP contribution in [0.5, 0.6) is 0 Å². The molecule has 1 aromatic carbocycles. The minimum Gasteiger partial charge on any atom is -0.459 e. The van der Waals surface area contributed by atoms with Gasteiger partial charge in [0.1, 0.15) is 12.4 Å². The molecule has 3 rings (SSSR count). The minimum absolute atomic E-state index is 0.130. The molecule has 2 aromatic heterocycles. The number of ether oxygens (including phenoxy) is 1. The SMILES string of the molecule is Cc1noc(C)c1COC(=O)C(c1ccccc1)n1cccn1. The first kappa shape index (κ1) is 15.0. The number of carbonyl (C=O) groups is 1. The van der Waals surface area contributed by atoms with Crippen molar-refractivity contribution in [3.63, 3.8) is 0 Å². The van der Waals surface area contributed by atoms with E-state index in [4.69, 9.17) is 9.26 Å². The Labute approximate surface area is 133 Å². The van der Waals surface area contributed by atoms with Gasteiger partial charge < -0.3 is 9.26 Å². The molecule has 0 aliphatic carbocycles. The maximum atomic E-state index is 12.6. The van der Waals surface area contributed by atoms with Gasteiger partial charge in [0.2, 0.25) is 0 Å². The number of hydrogen-bond donors (Lipinski definition) is 0. The first-order valence-corrected chi connectivity index (χ1v) is 7.29. The second kappa shape index (κ2) is 6.48. The molecule has 23 heavy (non-hydrogen) atoms. The topological polar surface area (TPSA) is 70.2 Å². The fourth-order valence-corrected chi connectivity index (χ4v) is 2.40. The molecule has 3 aromatic rings. The van der Waals surface area contributed by atoms with Crippen molar-refractivity contribution in [1.82, 2.24) is 14.9 Å². The van der Waals surface area contributed by atoms with Crippen LogP contribution in [0.3, 0.4) is 0 Å². The molecule has 118 valence electrons. The molecule has 0 aliphatic heterocycles. The van der Waals surface area contributed by atoms with E-state index < -0.39 is 6.04 Å². The lowest BCUT2D eigenvalue weighted by Crippen LogP contribution is -2.23. The van der Waals surface area contributed by atoms with Crippen molar-refractivity contribution in [2.75, 3.05) is 0 Å². The van der Waals surface area contributed by atoms with Crippen molar-refractivity contribution in [3.8, 4) is 0 Å². The second-order valence-corrected chi connectivity index (χ2v) is 5.21. The molecule has 6 nitrogen and oxygen atoms in total. The van der Waals surface area contributed by atoms with E-state index in [-0.39, 0.29) is 12.6 Å². The largest absolute Gasteiger partial charge is 0.459 e. The van der Waals surface area contributed by atoms with Gasteiger partial charge in [-0.1, -0.05) is 35.5 Å². The maximum Gasteiger partial charge on any atom is 0.335 e. The number of esters is 1. The number of hydrogen-bond acceptors (Lipinski definition) is 5. The van der Waals surface area contributed by atoms with Gasteiger partial charge >= 0.3 is 5.97 Å². The fraction of sp³-hybridized carbons (Fsp3) is 0.235. The van der Waals surface area contributed by atoms with Crippen LogP contribution in [-0.2, 0) is 16.1 Å². The van der Waals surface area contributed by atoms with Crippen LogP contribution in [0.25, 0.3) is 0 Å². The minimum atomic E-state index is -0.619. The summed E-state index contributed by atoms with van der Waals surface area (Å²) >= 11 is 0. The van der Waals surface area contributed by atoms with E-state index in [1.807, 2.05) is 37.3 Å². The third kappa shape index (κ3) is 3.15. The summed E-state index contributed by atoms with van der Waals surface area (Å²) in [6, 6.07) is 10.6. The molecular formula is C17H17N3O3. The van der Waals surface area contributed by atoms with Gasteiger partial charge in [-0.25, -0.2) is 4.79 Å². The zero-order valence-electron chi connectivity index (χ0n) is 13.0. The molecule has 0 N–H and O–H groups in total. The molecule has 0 amide bonds. The molecule has 6 heteroatoms. The van der Waals surface area contributed by atoms with Crippen molar-refractivity contribution < 1.29 is 14.1 Å². The lowest BCUT2D eigenvalue weighted by molar-refractivity contribution is -0.148. The van der Waals surface area contributed by atoms with Gasteiger partial charge in [-0.15, -0.1) is 0 Å². The van der Waals surface area contributed by atoms with Crippen molar-refractivity contribution in [3.05, 3.63) is 71.4 Å². The smallest absolute Gasteiger partial charge is 0.335 e. The molecule has 0 bridgehead atoms. The summed E-state index contributed by atoms with van der Waals surface area (Å²) < 4.78 is 12.2. The van der Waals surface area contributed by atoms with Gasteiger partial charge in [-0.2, -0.15) is 5.10 Å². The van der Waals surface area contributed by atoms with Crippen molar-refractivity contribution in [2.45, 2.75) is 26.5 Å². The lowest BCUT2D eigenvalue weighted by atomic mass is 10.1. The predicted octanol–water partition coefficient (Wildman–Crippen LogP) is 2.82. The molecule has 0 saturated heterocycles. The summed E-state index contributed by atoms with van der Waals surface area (Å²) in [4.78, 5) is 12.6. The average Bonchev–Trinajstić information content (AvgIpc) is 3.18. The van der Waals surface area contributed by atoms with E-state index in [0.717, 1.165) is 16.8 Å². The van der Waals surface area contributed by atoms with E-state index in [9.17, 15) is 4.79 Å². The summed E-state index contributed by atoms with van der Waals surface area (Å²) in [6.07, 6.45) is 3.38. The van der Waals surface area contributed by atoms with Crippen LogP contribution in [0.15, 0.2) is 53.3 Å². The number of carbonyl (C=O) groups excluding carboxylic acids is 1. The number of benzene rings is 1. The highest BCUT2D eigenvalue weighted by molar-refractivity contribution is 5.78. The van der Waals surface area contributed by atoms with Crippen LogP contribution in [0, 0.1) is 13.8 Å². The van der Waals surface area contributed by atoms with Crippen LogP contribution in [0.4, 0.5) is 0 Å². The highest BCUT2D eigenvalue weighted by Gasteiger charge is 2.25. The number of aryl methyl sites for hydroxylation is 2. The Morgan fingerprint density at radius 3 is 2.65 bits per heavy atom. The Morgan fingerprint density at radius 1 is 1.26 bits per heavy atom. The van der Waals surface area contributed by atoms with E-state index >= 15 is 0 Å². The fourth-order valence-electron chi connectivity index (χ4n) is 2.40. The van der Waals surface area contributed by atoms with Crippen LogP contribution in [-0.4, -0.2) is 20.9 Å². The standard InChI is InChI=1S/C17H17N3O3/c1-12-15(13(2)23-19-12)11-22-17(21)16(20-10-6-9-18-20)14-7-4-3-5-8-14/h3-10,16H,11H2,1-2H3. The number of aromatic nitrogens is 3. The van der Waals surface area contributed by atoms with Gasteiger partial charge in [0, 0.05) is 12.4 Å². The number of nitrogens with zero attached hydrogens (tertiary/aromatic N) is 3. The zero-order valence-corrected chi connectivity index (χ0v) is 13.0. The van der Waals surface area contributed by atoms with Crippen molar-refractivity contribution in [1.29, 1.82) is 0 Å². The molecule has 0 spiro atoms. The Balaban J connectivity index is 1.82. The zero-order chi connectivity index (χ0) is 16.2. The molecule has 2 heterocycles. The van der Waals surface area contributed by atoms with Gasteiger partial charge in [0.15, 0.2) is 6.04 Å². The first-order chi connectivity index (χ1) is 11.2. The van der Waals surface area contributed by atoms with Crippen LogP contribution >= 0.6 is 0 Å². The third-order valence-corrected chi connectivity index (χ3v) is 3.67. The second-order valence-electron chi connectivity index (χ2n) is 5.21.